The van der Waals surface area contributed by atoms with Crippen LogP contribution in [0.25, 0.3) is 0 Å². The van der Waals surface area contributed by atoms with Crippen molar-refractivity contribution in [1.82, 2.24) is 5.43 Å². The molecule has 7 nitrogen and oxygen atoms in total. The number of amides is 2. The van der Waals surface area contributed by atoms with Gasteiger partial charge in [0.1, 0.15) is 6.61 Å². The van der Waals surface area contributed by atoms with Gasteiger partial charge in [0.2, 0.25) is 11.8 Å². The molecule has 1 fully saturated rings. The zero-order valence-electron chi connectivity index (χ0n) is 20.9. The van der Waals surface area contributed by atoms with Crippen molar-refractivity contribution in [3.8, 4) is 11.5 Å². The van der Waals surface area contributed by atoms with Crippen molar-refractivity contribution in [3.05, 3.63) is 81.3 Å². The first-order chi connectivity index (χ1) is 17.8. The topological polar surface area (TPSA) is 79.9 Å². The van der Waals surface area contributed by atoms with Crippen LogP contribution >= 0.6 is 23.2 Å². The van der Waals surface area contributed by atoms with E-state index in [1.54, 1.807) is 41.3 Å². The van der Waals surface area contributed by atoms with Gasteiger partial charge in [0, 0.05) is 40.3 Å². The molecule has 194 valence electrons. The number of anilines is 2. The predicted octanol–water partition coefficient (Wildman–Crippen LogP) is 6.08. The Morgan fingerprint density at radius 1 is 1.00 bits per heavy atom. The highest BCUT2D eigenvalue weighted by Crippen LogP contribution is 2.33. The standard InChI is InChI=1S/C28H29Cl2N3O4/c1-4-36-26-14-20(9-11-25(26)37-16-22-23(29)6-5-7-24(22)30)31-32-28(35)19-13-27(34)33(15-19)21-10-8-17(2)18(3)12-21/h5-12,14,19,31H,4,13,15-16H2,1-3H3,(H,32,35)/t19-/m1/s1. The molecule has 3 aromatic carbocycles. The van der Waals surface area contributed by atoms with Gasteiger partial charge in [-0.15, -0.1) is 0 Å². The smallest absolute Gasteiger partial charge is 0.243 e. The minimum atomic E-state index is -0.462. The van der Waals surface area contributed by atoms with Crippen molar-refractivity contribution in [2.45, 2.75) is 33.8 Å². The second-order valence-electron chi connectivity index (χ2n) is 8.87. The number of halogens is 2. The number of aryl methyl sites for hydroxylation is 2. The second kappa shape index (κ2) is 11.8. The lowest BCUT2D eigenvalue weighted by Crippen LogP contribution is -2.36. The molecule has 1 heterocycles. The van der Waals surface area contributed by atoms with Gasteiger partial charge in [0.15, 0.2) is 11.5 Å². The van der Waals surface area contributed by atoms with E-state index in [1.807, 2.05) is 39.0 Å². The van der Waals surface area contributed by atoms with Crippen molar-refractivity contribution in [3.63, 3.8) is 0 Å². The summed E-state index contributed by atoms with van der Waals surface area (Å²) in [7, 11) is 0. The molecule has 0 aromatic heterocycles. The molecule has 1 atom stereocenters. The molecule has 3 aromatic rings. The van der Waals surface area contributed by atoms with Crippen molar-refractivity contribution < 1.29 is 19.1 Å². The molecule has 1 saturated heterocycles. The van der Waals surface area contributed by atoms with E-state index in [2.05, 4.69) is 10.9 Å². The third-order valence-corrected chi connectivity index (χ3v) is 7.01. The summed E-state index contributed by atoms with van der Waals surface area (Å²) in [6, 6.07) is 16.4. The Kier molecular flexibility index (Phi) is 8.46. The van der Waals surface area contributed by atoms with Crippen LogP contribution < -0.4 is 25.2 Å². The van der Waals surface area contributed by atoms with Crippen LogP contribution in [0, 0.1) is 19.8 Å². The number of nitrogens with zero attached hydrogens (tertiary/aromatic N) is 1. The Hall–Kier alpha value is -3.42. The maximum absolute atomic E-state index is 12.8. The van der Waals surface area contributed by atoms with Gasteiger partial charge in [-0.25, -0.2) is 0 Å². The van der Waals surface area contributed by atoms with Crippen LogP contribution in [-0.4, -0.2) is 25.0 Å². The normalized spacial score (nSPS) is 15.0. The average Bonchev–Trinajstić information content (AvgIpc) is 3.26. The highest BCUT2D eigenvalue weighted by atomic mass is 35.5. The molecule has 9 heteroatoms. The number of ether oxygens (including phenoxy) is 2. The van der Waals surface area contributed by atoms with Crippen LogP contribution in [0.1, 0.15) is 30.0 Å². The fourth-order valence-corrected chi connectivity index (χ4v) is 4.56. The molecule has 0 saturated carbocycles. The van der Waals surface area contributed by atoms with Crippen LogP contribution in [-0.2, 0) is 16.2 Å². The van der Waals surface area contributed by atoms with Gasteiger partial charge in [-0.2, -0.15) is 0 Å². The molecule has 2 amide bonds. The number of hydrogen-bond donors (Lipinski definition) is 2. The molecule has 0 aliphatic carbocycles. The largest absolute Gasteiger partial charge is 0.490 e. The molecule has 0 unspecified atom stereocenters. The first-order valence-electron chi connectivity index (χ1n) is 12.0. The summed E-state index contributed by atoms with van der Waals surface area (Å²) in [4.78, 5) is 27.1. The van der Waals surface area contributed by atoms with Crippen molar-refractivity contribution in [2.75, 3.05) is 23.5 Å². The van der Waals surface area contributed by atoms with Gasteiger partial charge in [0.25, 0.3) is 0 Å². The Morgan fingerprint density at radius 3 is 2.46 bits per heavy atom. The molecule has 0 radical (unpaired) electrons. The predicted molar refractivity (Wildman–Crippen MR) is 147 cm³/mol. The number of carbonyl (C=O) groups is 2. The molecule has 2 N–H and O–H groups in total. The Bertz CT molecular complexity index is 1290. The maximum atomic E-state index is 12.8. The fourth-order valence-electron chi connectivity index (χ4n) is 4.06. The second-order valence-corrected chi connectivity index (χ2v) is 9.69. The molecule has 0 spiro atoms. The number of rotatable bonds is 9. The van der Waals surface area contributed by atoms with Gasteiger partial charge >= 0.3 is 0 Å². The highest BCUT2D eigenvalue weighted by Gasteiger charge is 2.35. The lowest BCUT2D eigenvalue weighted by molar-refractivity contribution is -0.125. The third-order valence-electron chi connectivity index (χ3n) is 6.31. The summed E-state index contributed by atoms with van der Waals surface area (Å²) in [6.45, 7) is 6.83. The first-order valence-corrected chi connectivity index (χ1v) is 12.8. The zero-order chi connectivity index (χ0) is 26.5. The number of hydrazine groups is 1. The number of nitrogens with one attached hydrogen (secondary N) is 2. The molecular formula is C28H29Cl2N3O4. The van der Waals surface area contributed by atoms with Crippen LogP contribution in [0.5, 0.6) is 11.5 Å². The van der Waals surface area contributed by atoms with Crippen LogP contribution in [0.2, 0.25) is 10.0 Å². The average molecular weight is 542 g/mol. The quantitative estimate of drug-likeness (QED) is 0.320. The molecule has 1 aliphatic rings. The SMILES string of the molecule is CCOc1cc(NNC(=O)[C@@H]2CC(=O)N(c3ccc(C)c(C)c3)C2)ccc1OCc1c(Cl)cccc1Cl. The van der Waals surface area contributed by atoms with E-state index in [9.17, 15) is 9.59 Å². The minimum absolute atomic E-state index is 0.0674. The van der Waals surface area contributed by atoms with E-state index in [1.165, 1.54) is 0 Å². The van der Waals surface area contributed by atoms with Gasteiger partial charge in [-0.3, -0.25) is 20.4 Å². The fraction of sp³-hybridized carbons (Fsp3) is 0.286. The number of benzene rings is 3. The summed E-state index contributed by atoms with van der Waals surface area (Å²) in [5.74, 6) is 0.228. The number of hydrogen-bond acceptors (Lipinski definition) is 5. The zero-order valence-corrected chi connectivity index (χ0v) is 22.4. The van der Waals surface area contributed by atoms with Gasteiger partial charge in [-0.1, -0.05) is 35.3 Å². The Morgan fingerprint density at radius 2 is 1.76 bits per heavy atom. The monoisotopic (exact) mass is 541 g/mol. The summed E-state index contributed by atoms with van der Waals surface area (Å²) in [6.07, 6.45) is 0.155. The number of carbonyl (C=O) groups excluding carboxylic acids is 2. The van der Waals surface area contributed by atoms with E-state index in [0.29, 0.717) is 45.9 Å². The molecule has 1 aliphatic heterocycles. The molecule has 4 rings (SSSR count). The summed E-state index contributed by atoms with van der Waals surface area (Å²) in [5, 5.41) is 1.04. The van der Waals surface area contributed by atoms with Crippen LogP contribution in [0.4, 0.5) is 11.4 Å². The van der Waals surface area contributed by atoms with Crippen LogP contribution in [0.3, 0.4) is 0 Å². The lowest BCUT2D eigenvalue weighted by Gasteiger charge is -2.18. The van der Waals surface area contributed by atoms with Gasteiger partial charge in [0.05, 0.1) is 18.2 Å². The van der Waals surface area contributed by atoms with Crippen molar-refractivity contribution >= 4 is 46.4 Å². The van der Waals surface area contributed by atoms with E-state index in [0.717, 1.165) is 16.8 Å². The maximum Gasteiger partial charge on any atom is 0.243 e. The van der Waals surface area contributed by atoms with E-state index >= 15 is 0 Å². The summed E-state index contributed by atoms with van der Waals surface area (Å²) in [5.41, 5.74) is 10.00. The van der Waals surface area contributed by atoms with E-state index < -0.39 is 5.92 Å². The lowest BCUT2D eigenvalue weighted by atomic mass is 10.1. The van der Waals surface area contributed by atoms with Crippen molar-refractivity contribution in [2.24, 2.45) is 5.92 Å². The van der Waals surface area contributed by atoms with E-state index in [-0.39, 0.29) is 24.8 Å². The third kappa shape index (κ3) is 6.29. The van der Waals surface area contributed by atoms with Crippen LogP contribution in [0.15, 0.2) is 54.6 Å². The minimum Gasteiger partial charge on any atom is -0.490 e. The van der Waals surface area contributed by atoms with Gasteiger partial charge in [-0.05, 0) is 68.3 Å². The molecule has 0 bridgehead atoms. The molecule has 37 heavy (non-hydrogen) atoms. The summed E-state index contributed by atoms with van der Waals surface area (Å²) >= 11 is 12.5. The Balaban J connectivity index is 1.38. The molecular weight excluding hydrogens is 513 g/mol. The van der Waals surface area contributed by atoms with Gasteiger partial charge < -0.3 is 14.4 Å². The summed E-state index contributed by atoms with van der Waals surface area (Å²) < 4.78 is 11.7. The van der Waals surface area contributed by atoms with E-state index in [4.69, 9.17) is 32.7 Å². The Labute approximate surface area is 226 Å². The highest BCUT2D eigenvalue weighted by molar-refractivity contribution is 6.35. The first kappa shape index (κ1) is 26.6. The van der Waals surface area contributed by atoms with Crippen molar-refractivity contribution in [1.29, 1.82) is 0 Å².